The maximum Gasteiger partial charge on any atom is 0.00980 e. The van der Waals surface area contributed by atoms with Crippen LogP contribution >= 0.6 is 0 Å². The summed E-state index contributed by atoms with van der Waals surface area (Å²) in [5.41, 5.74) is 0. The van der Waals surface area contributed by atoms with E-state index < -0.39 is 0 Å². The quantitative estimate of drug-likeness (QED) is 0.728. The van der Waals surface area contributed by atoms with Gasteiger partial charge in [0.15, 0.2) is 0 Å². The Morgan fingerprint density at radius 2 is 1.79 bits per heavy atom. The van der Waals surface area contributed by atoms with Gasteiger partial charge >= 0.3 is 0 Å². The summed E-state index contributed by atoms with van der Waals surface area (Å²) in [5.74, 6) is 1.91. The van der Waals surface area contributed by atoms with E-state index in [-0.39, 0.29) is 0 Å². The Hall–Kier alpha value is -0.0400. The third-order valence-electron chi connectivity index (χ3n) is 4.48. The van der Waals surface area contributed by atoms with Crippen molar-refractivity contribution in [1.29, 1.82) is 0 Å². The Kier molecular flexibility index (Phi) is 3.48. The third-order valence-corrected chi connectivity index (χ3v) is 4.48. The minimum absolute atomic E-state index is 0.836. The molecule has 0 aromatic rings. The standard InChI is InChI=1S/C13H25N/c1-3-11-8-9-13(11)14-12-7-5-4-6-10(12)2/h10-14H,3-9H2,1-2H3. The lowest BCUT2D eigenvalue weighted by atomic mass is 9.76. The van der Waals surface area contributed by atoms with Gasteiger partial charge in [0, 0.05) is 12.1 Å². The molecule has 14 heavy (non-hydrogen) atoms. The van der Waals surface area contributed by atoms with Gasteiger partial charge in [-0.25, -0.2) is 0 Å². The first-order chi connectivity index (χ1) is 6.81. The van der Waals surface area contributed by atoms with Crippen molar-refractivity contribution < 1.29 is 0 Å². The van der Waals surface area contributed by atoms with E-state index in [4.69, 9.17) is 0 Å². The lowest BCUT2D eigenvalue weighted by Crippen LogP contribution is -2.51. The van der Waals surface area contributed by atoms with Crippen LogP contribution in [0.5, 0.6) is 0 Å². The van der Waals surface area contributed by atoms with E-state index in [2.05, 4.69) is 19.2 Å². The molecule has 0 aromatic carbocycles. The highest BCUT2D eigenvalue weighted by Gasteiger charge is 2.32. The van der Waals surface area contributed by atoms with Gasteiger partial charge in [0.1, 0.15) is 0 Å². The molecule has 1 heteroatoms. The number of hydrogen-bond acceptors (Lipinski definition) is 1. The normalized spacial score (nSPS) is 43.3. The molecule has 82 valence electrons. The molecule has 0 radical (unpaired) electrons. The van der Waals surface area contributed by atoms with Crippen LogP contribution in [0.1, 0.15) is 58.8 Å². The summed E-state index contributed by atoms with van der Waals surface area (Å²) in [6.45, 7) is 4.76. The minimum Gasteiger partial charge on any atom is -0.311 e. The van der Waals surface area contributed by atoms with Crippen molar-refractivity contribution in [2.45, 2.75) is 70.9 Å². The second-order valence-corrected chi connectivity index (χ2v) is 5.39. The average molecular weight is 195 g/mol. The number of rotatable bonds is 3. The van der Waals surface area contributed by atoms with Gasteiger partial charge in [0.05, 0.1) is 0 Å². The molecule has 0 heterocycles. The van der Waals surface area contributed by atoms with Crippen LogP contribution in [0.15, 0.2) is 0 Å². The predicted molar refractivity (Wildman–Crippen MR) is 61.4 cm³/mol. The fourth-order valence-corrected chi connectivity index (χ4v) is 3.12. The van der Waals surface area contributed by atoms with Crippen molar-refractivity contribution in [3.63, 3.8) is 0 Å². The molecule has 0 amide bonds. The Labute approximate surface area is 88.7 Å². The summed E-state index contributed by atoms with van der Waals surface area (Å²) in [6, 6.07) is 1.70. The summed E-state index contributed by atoms with van der Waals surface area (Å²) in [4.78, 5) is 0. The number of nitrogens with one attached hydrogen (secondary N) is 1. The Balaban J connectivity index is 1.78. The molecule has 0 aliphatic heterocycles. The van der Waals surface area contributed by atoms with Gasteiger partial charge in [-0.15, -0.1) is 0 Å². The van der Waals surface area contributed by atoms with Gasteiger partial charge in [0.2, 0.25) is 0 Å². The highest BCUT2D eigenvalue weighted by molar-refractivity contribution is 4.90. The summed E-state index contributed by atoms with van der Waals surface area (Å²) in [7, 11) is 0. The fourth-order valence-electron chi connectivity index (χ4n) is 3.12. The van der Waals surface area contributed by atoms with Gasteiger partial charge in [-0.05, 0) is 37.5 Å². The second kappa shape index (κ2) is 4.65. The van der Waals surface area contributed by atoms with Gasteiger partial charge in [-0.2, -0.15) is 0 Å². The maximum absolute atomic E-state index is 3.91. The van der Waals surface area contributed by atoms with Crippen molar-refractivity contribution in [2.24, 2.45) is 11.8 Å². The van der Waals surface area contributed by atoms with Crippen LogP contribution in [-0.4, -0.2) is 12.1 Å². The third kappa shape index (κ3) is 2.13. The molecule has 2 rings (SSSR count). The smallest absolute Gasteiger partial charge is 0.00980 e. The molecular weight excluding hydrogens is 170 g/mol. The molecular formula is C13H25N. The zero-order valence-electron chi connectivity index (χ0n) is 9.76. The second-order valence-electron chi connectivity index (χ2n) is 5.39. The zero-order chi connectivity index (χ0) is 9.97. The molecule has 2 fully saturated rings. The van der Waals surface area contributed by atoms with E-state index in [9.17, 15) is 0 Å². The summed E-state index contributed by atoms with van der Waals surface area (Å²) < 4.78 is 0. The highest BCUT2D eigenvalue weighted by Crippen LogP contribution is 2.33. The zero-order valence-corrected chi connectivity index (χ0v) is 9.76. The number of hydrogen-bond donors (Lipinski definition) is 1. The molecule has 1 nitrogen and oxygen atoms in total. The first-order valence-corrected chi connectivity index (χ1v) is 6.57. The minimum atomic E-state index is 0.836. The van der Waals surface area contributed by atoms with E-state index in [1.54, 1.807) is 0 Å². The summed E-state index contributed by atoms with van der Waals surface area (Å²) in [5, 5.41) is 3.91. The SMILES string of the molecule is CCC1CCC1NC1CCCCC1C. The van der Waals surface area contributed by atoms with Gasteiger partial charge < -0.3 is 5.32 Å². The monoisotopic (exact) mass is 195 g/mol. The Morgan fingerprint density at radius 1 is 1.00 bits per heavy atom. The van der Waals surface area contributed by atoms with Crippen LogP contribution in [0, 0.1) is 11.8 Å². The summed E-state index contributed by atoms with van der Waals surface area (Å²) >= 11 is 0. The van der Waals surface area contributed by atoms with Crippen LogP contribution in [0.25, 0.3) is 0 Å². The van der Waals surface area contributed by atoms with Crippen molar-refractivity contribution >= 4 is 0 Å². The topological polar surface area (TPSA) is 12.0 Å². The molecule has 0 aromatic heterocycles. The Morgan fingerprint density at radius 3 is 2.36 bits per heavy atom. The fraction of sp³-hybridized carbons (Fsp3) is 1.00. The van der Waals surface area contributed by atoms with Crippen LogP contribution in [0.2, 0.25) is 0 Å². The highest BCUT2D eigenvalue weighted by atomic mass is 15.0. The van der Waals surface area contributed by atoms with Crippen molar-refractivity contribution in [1.82, 2.24) is 5.32 Å². The largest absolute Gasteiger partial charge is 0.311 e. The van der Waals surface area contributed by atoms with E-state index in [1.165, 1.54) is 44.9 Å². The van der Waals surface area contributed by atoms with E-state index in [0.29, 0.717) is 0 Å². The molecule has 2 saturated carbocycles. The first kappa shape index (κ1) is 10.5. The molecule has 0 spiro atoms. The first-order valence-electron chi connectivity index (χ1n) is 6.57. The van der Waals surface area contributed by atoms with Gasteiger partial charge in [-0.1, -0.05) is 33.1 Å². The maximum atomic E-state index is 3.91. The van der Waals surface area contributed by atoms with Crippen LogP contribution < -0.4 is 5.32 Å². The average Bonchev–Trinajstić information content (AvgIpc) is 2.15. The molecule has 0 bridgehead atoms. The van der Waals surface area contributed by atoms with Gasteiger partial charge in [-0.3, -0.25) is 0 Å². The molecule has 2 aliphatic rings. The van der Waals surface area contributed by atoms with Crippen molar-refractivity contribution in [2.75, 3.05) is 0 Å². The molecule has 2 aliphatic carbocycles. The lowest BCUT2D eigenvalue weighted by molar-refractivity contribution is 0.152. The van der Waals surface area contributed by atoms with E-state index in [0.717, 1.165) is 23.9 Å². The van der Waals surface area contributed by atoms with E-state index >= 15 is 0 Å². The van der Waals surface area contributed by atoms with Crippen LogP contribution in [-0.2, 0) is 0 Å². The van der Waals surface area contributed by atoms with Crippen molar-refractivity contribution in [3.8, 4) is 0 Å². The molecule has 4 atom stereocenters. The van der Waals surface area contributed by atoms with Crippen LogP contribution in [0.4, 0.5) is 0 Å². The Bertz CT molecular complexity index is 176. The molecule has 0 saturated heterocycles. The van der Waals surface area contributed by atoms with Crippen LogP contribution in [0.3, 0.4) is 0 Å². The van der Waals surface area contributed by atoms with Gasteiger partial charge in [0.25, 0.3) is 0 Å². The molecule has 1 N–H and O–H groups in total. The summed E-state index contributed by atoms with van der Waals surface area (Å²) in [6.07, 6.45) is 10.1. The van der Waals surface area contributed by atoms with Crippen molar-refractivity contribution in [3.05, 3.63) is 0 Å². The molecule has 4 unspecified atom stereocenters. The lowest BCUT2D eigenvalue weighted by Gasteiger charge is -2.42. The predicted octanol–water partition coefficient (Wildman–Crippen LogP) is 3.34. The van der Waals surface area contributed by atoms with E-state index in [1.807, 2.05) is 0 Å².